The van der Waals surface area contributed by atoms with Crippen molar-refractivity contribution >= 4 is 17.5 Å². The summed E-state index contributed by atoms with van der Waals surface area (Å²) >= 11 is 0. The summed E-state index contributed by atoms with van der Waals surface area (Å²) in [4.78, 5) is 11.9. The largest absolute Gasteiger partial charge is 0.320 e. The Bertz CT molecular complexity index is 563. The van der Waals surface area contributed by atoms with Gasteiger partial charge in [-0.15, -0.1) is 10.2 Å². The number of aromatic nitrogens is 3. The van der Waals surface area contributed by atoms with E-state index < -0.39 is 6.04 Å². The van der Waals surface area contributed by atoms with Crippen LogP contribution < -0.4 is 11.1 Å². The summed E-state index contributed by atoms with van der Waals surface area (Å²) in [6.07, 6.45) is 3.39. The molecule has 0 aliphatic rings. The summed E-state index contributed by atoms with van der Waals surface area (Å²) in [6, 6.07) is 5.02. The number of amides is 1. The molecule has 2 aromatic heterocycles. The Labute approximate surface area is 112 Å². The SMILES string of the molecule is CC(C)CCC(N)C(=O)Nc1nnc2ccccn12. The summed E-state index contributed by atoms with van der Waals surface area (Å²) in [7, 11) is 0. The molecule has 0 saturated carbocycles. The molecule has 6 heteroatoms. The summed E-state index contributed by atoms with van der Waals surface area (Å²) < 4.78 is 1.72. The van der Waals surface area contributed by atoms with Gasteiger partial charge in [-0.2, -0.15) is 0 Å². The molecule has 1 unspecified atom stereocenters. The average molecular weight is 261 g/mol. The molecule has 0 radical (unpaired) electrons. The van der Waals surface area contributed by atoms with Gasteiger partial charge in [0.15, 0.2) is 5.65 Å². The third-order valence-electron chi connectivity index (χ3n) is 2.94. The van der Waals surface area contributed by atoms with Crippen molar-refractivity contribution in [3.05, 3.63) is 24.4 Å². The summed E-state index contributed by atoms with van der Waals surface area (Å²) in [5.74, 6) is 0.715. The second-order valence-electron chi connectivity index (χ2n) is 5.02. The van der Waals surface area contributed by atoms with Crippen molar-refractivity contribution in [2.45, 2.75) is 32.7 Å². The first-order valence-corrected chi connectivity index (χ1v) is 6.44. The van der Waals surface area contributed by atoms with Gasteiger partial charge >= 0.3 is 0 Å². The van der Waals surface area contributed by atoms with Crippen molar-refractivity contribution in [2.75, 3.05) is 5.32 Å². The lowest BCUT2D eigenvalue weighted by Crippen LogP contribution is -2.36. The smallest absolute Gasteiger partial charge is 0.243 e. The molecule has 0 aliphatic carbocycles. The van der Waals surface area contributed by atoms with E-state index in [0.29, 0.717) is 23.9 Å². The number of anilines is 1. The molecule has 0 aliphatic heterocycles. The van der Waals surface area contributed by atoms with Gasteiger partial charge in [-0.05, 0) is 30.9 Å². The number of carbonyl (C=O) groups is 1. The Hall–Kier alpha value is -1.95. The first-order valence-electron chi connectivity index (χ1n) is 6.44. The van der Waals surface area contributed by atoms with E-state index in [1.165, 1.54) is 0 Å². The van der Waals surface area contributed by atoms with Crippen molar-refractivity contribution < 1.29 is 4.79 Å². The van der Waals surface area contributed by atoms with Gasteiger partial charge < -0.3 is 5.73 Å². The van der Waals surface area contributed by atoms with Crippen molar-refractivity contribution in [1.82, 2.24) is 14.6 Å². The molecule has 2 heterocycles. The van der Waals surface area contributed by atoms with E-state index in [1.54, 1.807) is 10.6 Å². The van der Waals surface area contributed by atoms with Crippen LogP contribution in [0.15, 0.2) is 24.4 Å². The van der Waals surface area contributed by atoms with Gasteiger partial charge in [0.05, 0.1) is 6.04 Å². The number of hydrogen-bond acceptors (Lipinski definition) is 4. The van der Waals surface area contributed by atoms with E-state index in [4.69, 9.17) is 5.73 Å². The summed E-state index contributed by atoms with van der Waals surface area (Å²) in [5, 5.41) is 10.6. The lowest BCUT2D eigenvalue weighted by molar-refractivity contribution is -0.117. The minimum Gasteiger partial charge on any atom is -0.320 e. The normalized spacial score (nSPS) is 12.8. The maximum Gasteiger partial charge on any atom is 0.243 e. The molecule has 2 rings (SSSR count). The predicted octanol–water partition coefficient (Wildman–Crippen LogP) is 1.43. The van der Waals surface area contributed by atoms with Crippen LogP contribution in [0.2, 0.25) is 0 Å². The van der Waals surface area contributed by atoms with E-state index >= 15 is 0 Å². The molecule has 1 amide bonds. The van der Waals surface area contributed by atoms with Crippen molar-refractivity contribution in [2.24, 2.45) is 11.7 Å². The summed E-state index contributed by atoms with van der Waals surface area (Å²) in [5.41, 5.74) is 6.55. The van der Waals surface area contributed by atoms with Gasteiger partial charge in [0, 0.05) is 6.20 Å². The second kappa shape index (κ2) is 5.79. The van der Waals surface area contributed by atoms with Crippen molar-refractivity contribution in [1.29, 1.82) is 0 Å². The minimum absolute atomic E-state index is 0.223. The fourth-order valence-corrected chi connectivity index (χ4v) is 1.77. The molecule has 102 valence electrons. The fraction of sp³-hybridized carbons (Fsp3) is 0.462. The molecule has 0 fully saturated rings. The molecule has 2 aromatic rings. The molecule has 0 saturated heterocycles. The van der Waals surface area contributed by atoms with Crippen LogP contribution in [0.1, 0.15) is 26.7 Å². The molecule has 19 heavy (non-hydrogen) atoms. The third kappa shape index (κ3) is 3.29. The molecular weight excluding hydrogens is 242 g/mol. The standard InChI is InChI=1S/C13H19N5O/c1-9(2)6-7-10(14)12(19)15-13-17-16-11-5-3-4-8-18(11)13/h3-5,8-10H,6-7,14H2,1-2H3,(H,15,17,19). The highest BCUT2D eigenvalue weighted by molar-refractivity contribution is 5.93. The van der Waals surface area contributed by atoms with E-state index in [9.17, 15) is 4.79 Å². The zero-order valence-corrected chi connectivity index (χ0v) is 11.2. The Kier molecular flexibility index (Phi) is 4.11. The highest BCUT2D eigenvalue weighted by atomic mass is 16.2. The van der Waals surface area contributed by atoms with Crippen LogP contribution in [0.25, 0.3) is 5.65 Å². The van der Waals surface area contributed by atoms with Crippen molar-refractivity contribution in [3.63, 3.8) is 0 Å². The Morgan fingerprint density at radius 1 is 1.37 bits per heavy atom. The van der Waals surface area contributed by atoms with Crippen LogP contribution in [0.3, 0.4) is 0 Å². The maximum absolute atomic E-state index is 11.9. The number of nitrogens with two attached hydrogens (primary N) is 1. The predicted molar refractivity (Wildman–Crippen MR) is 73.7 cm³/mol. The number of nitrogens with one attached hydrogen (secondary N) is 1. The highest BCUT2D eigenvalue weighted by Gasteiger charge is 2.16. The zero-order chi connectivity index (χ0) is 13.8. The number of rotatable bonds is 5. The van der Waals surface area contributed by atoms with Crippen LogP contribution in [0.4, 0.5) is 5.95 Å². The van der Waals surface area contributed by atoms with E-state index in [1.807, 2.05) is 18.2 Å². The number of carbonyl (C=O) groups excluding carboxylic acids is 1. The van der Waals surface area contributed by atoms with Gasteiger partial charge in [-0.1, -0.05) is 19.9 Å². The molecule has 0 aromatic carbocycles. The topological polar surface area (TPSA) is 85.3 Å². The zero-order valence-electron chi connectivity index (χ0n) is 11.2. The number of pyridine rings is 1. The van der Waals surface area contributed by atoms with Gasteiger partial charge in [0.25, 0.3) is 0 Å². The summed E-state index contributed by atoms with van der Waals surface area (Å²) in [6.45, 7) is 4.22. The number of hydrogen-bond donors (Lipinski definition) is 2. The first-order chi connectivity index (χ1) is 9.08. The van der Waals surface area contributed by atoms with Gasteiger partial charge in [0.1, 0.15) is 0 Å². The van der Waals surface area contributed by atoms with Crippen LogP contribution in [0.5, 0.6) is 0 Å². The Morgan fingerprint density at radius 2 is 2.16 bits per heavy atom. The fourth-order valence-electron chi connectivity index (χ4n) is 1.77. The monoisotopic (exact) mass is 261 g/mol. The van der Waals surface area contributed by atoms with Gasteiger partial charge in [-0.3, -0.25) is 14.5 Å². The van der Waals surface area contributed by atoms with E-state index in [-0.39, 0.29) is 5.91 Å². The molecule has 0 bridgehead atoms. The molecule has 6 nitrogen and oxygen atoms in total. The van der Waals surface area contributed by atoms with E-state index in [0.717, 1.165) is 6.42 Å². The van der Waals surface area contributed by atoms with Crippen LogP contribution >= 0.6 is 0 Å². The molecule has 0 spiro atoms. The molecule has 1 atom stereocenters. The van der Waals surface area contributed by atoms with Crippen LogP contribution in [-0.4, -0.2) is 26.5 Å². The number of nitrogens with zero attached hydrogens (tertiary/aromatic N) is 3. The highest BCUT2D eigenvalue weighted by Crippen LogP contribution is 2.10. The quantitative estimate of drug-likeness (QED) is 0.852. The second-order valence-corrected chi connectivity index (χ2v) is 5.02. The molecular formula is C13H19N5O. The van der Waals surface area contributed by atoms with Gasteiger partial charge in [-0.25, -0.2) is 0 Å². The molecule has 3 N–H and O–H groups in total. The maximum atomic E-state index is 11.9. The first kappa shape index (κ1) is 13.5. The minimum atomic E-state index is -0.515. The Balaban J connectivity index is 2.02. The van der Waals surface area contributed by atoms with Gasteiger partial charge in [0.2, 0.25) is 11.9 Å². The average Bonchev–Trinajstić information content (AvgIpc) is 2.79. The Morgan fingerprint density at radius 3 is 2.89 bits per heavy atom. The lowest BCUT2D eigenvalue weighted by Gasteiger charge is -2.12. The van der Waals surface area contributed by atoms with Crippen molar-refractivity contribution in [3.8, 4) is 0 Å². The van der Waals surface area contributed by atoms with E-state index in [2.05, 4.69) is 29.4 Å². The number of fused-ring (bicyclic) bond motifs is 1. The third-order valence-corrected chi connectivity index (χ3v) is 2.94. The lowest BCUT2D eigenvalue weighted by atomic mass is 10.0. The van der Waals surface area contributed by atoms with Crippen LogP contribution in [-0.2, 0) is 4.79 Å². The van der Waals surface area contributed by atoms with Crippen LogP contribution in [0, 0.1) is 5.92 Å².